The van der Waals surface area contributed by atoms with E-state index in [0.717, 1.165) is 10.0 Å². The molecule has 0 saturated carbocycles. The third-order valence-corrected chi connectivity index (χ3v) is 3.86. The average Bonchev–Trinajstić information content (AvgIpc) is 2.84. The van der Waals surface area contributed by atoms with E-state index in [2.05, 4.69) is 4.98 Å². The van der Waals surface area contributed by atoms with Crippen molar-refractivity contribution >= 4 is 28.9 Å². The average molecular weight is 239 g/mol. The lowest BCUT2D eigenvalue weighted by Crippen LogP contribution is -1.99. The standard InChI is InChI=1S/C10H9NO2S2/c1-7-5-14-10(11-7)15-6-8(12)9-3-2-4-13-9/h2-5H,6H2,1H3. The SMILES string of the molecule is Cc1csc(SCC(=O)c2ccco2)n1. The quantitative estimate of drug-likeness (QED) is 0.607. The molecular weight excluding hydrogens is 230 g/mol. The van der Waals surface area contributed by atoms with Crippen LogP contribution in [0.25, 0.3) is 0 Å². The van der Waals surface area contributed by atoms with Gasteiger partial charge in [0.25, 0.3) is 0 Å². The van der Waals surface area contributed by atoms with Crippen molar-refractivity contribution in [3.8, 4) is 0 Å². The maximum atomic E-state index is 11.5. The maximum Gasteiger partial charge on any atom is 0.208 e. The van der Waals surface area contributed by atoms with Gasteiger partial charge in [0.15, 0.2) is 10.1 Å². The van der Waals surface area contributed by atoms with E-state index in [4.69, 9.17) is 4.42 Å². The Morgan fingerprint density at radius 1 is 1.67 bits per heavy atom. The van der Waals surface area contributed by atoms with Crippen LogP contribution in [0.15, 0.2) is 32.5 Å². The minimum Gasteiger partial charge on any atom is -0.461 e. The summed E-state index contributed by atoms with van der Waals surface area (Å²) in [5.74, 6) is 0.786. The predicted octanol–water partition coefficient (Wildman–Crippen LogP) is 3.02. The number of aromatic nitrogens is 1. The third kappa shape index (κ3) is 2.70. The Bertz CT molecular complexity index is 448. The Kier molecular flexibility index (Phi) is 3.23. The van der Waals surface area contributed by atoms with E-state index in [9.17, 15) is 4.79 Å². The molecule has 5 heteroatoms. The van der Waals surface area contributed by atoms with Crippen LogP contribution < -0.4 is 0 Å². The first-order valence-corrected chi connectivity index (χ1v) is 6.24. The Morgan fingerprint density at radius 3 is 3.13 bits per heavy atom. The molecule has 15 heavy (non-hydrogen) atoms. The summed E-state index contributed by atoms with van der Waals surface area (Å²) in [6, 6.07) is 3.39. The van der Waals surface area contributed by atoms with Crippen molar-refractivity contribution in [3.63, 3.8) is 0 Å². The normalized spacial score (nSPS) is 10.5. The third-order valence-electron chi connectivity index (χ3n) is 1.72. The van der Waals surface area contributed by atoms with Crippen LogP contribution in [0.3, 0.4) is 0 Å². The maximum absolute atomic E-state index is 11.5. The number of hydrogen-bond acceptors (Lipinski definition) is 5. The van der Waals surface area contributed by atoms with Crippen molar-refractivity contribution in [2.45, 2.75) is 11.3 Å². The zero-order valence-corrected chi connectivity index (χ0v) is 9.73. The van der Waals surface area contributed by atoms with Crippen LogP contribution >= 0.6 is 23.1 Å². The van der Waals surface area contributed by atoms with Gasteiger partial charge in [-0.25, -0.2) is 4.98 Å². The van der Waals surface area contributed by atoms with Crippen LogP contribution in [0.2, 0.25) is 0 Å². The van der Waals surface area contributed by atoms with Crippen LogP contribution in [0.4, 0.5) is 0 Å². The second kappa shape index (κ2) is 4.63. The molecule has 78 valence electrons. The van der Waals surface area contributed by atoms with Crippen LogP contribution in [0, 0.1) is 6.92 Å². The van der Waals surface area contributed by atoms with E-state index in [1.807, 2.05) is 12.3 Å². The van der Waals surface area contributed by atoms with Gasteiger partial charge in [0.05, 0.1) is 12.0 Å². The number of thiazole rings is 1. The number of aryl methyl sites for hydroxylation is 1. The molecule has 0 saturated heterocycles. The van der Waals surface area contributed by atoms with Crippen molar-refractivity contribution < 1.29 is 9.21 Å². The molecule has 2 aromatic heterocycles. The lowest BCUT2D eigenvalue weighted by molar-refractivity contribution is 0.0992. The molecule has 0 bridgehead atoms. The highest BCUT2D eigenvalue weighted by Crippen LogP contribution is 2.23. The fraction of sp³-hybridized carbons (Fsp3) is 0.200. The summed E-state index contributed by atoms with van der Waals surface area (Å²) >= 11 is 3.00. The molecular formula is C10H9NO2S2. The van der Waals surface area contributed by atoms with Gasteiger partial charge in [-0.2, -0.15) is 0 Å². The summed E-state index contributed by atoms with van der Waals surface area (Å²) in [5.41, 5.74) is 0.993. The van der Waals surface area contributed by atoms with Crippen molar-refractivity contribution in [1.82, 2.24) is 4.98 Å². The summed E-state index contributed by atoms with van der Waals surface area (Å²) in [5, 5.41) is 1.97. The smallest absolute Gasteiger partial charge is 0.208 e. The molecule has 0 aliphatic heterocycles. The van der Waals surface area contributed by atoms with Crippen molar-refractivity contribution in [2.24, 2.45) is 0 Å². The monoisotopic (exact) mass is 239 g/mol. The molecule has 3 nitrogen and oxygen atoms in total. The number of hydrogen-bond donors (Lipinski definition) is 0. The molecule has 0 unspecified atom stereocenters. The Balaban J connectivity index is 1.91. The van der Waals surface area contributed by atoms with Crippen LogP contribution in [-0.2, 0) is 0 Å². The molecule has 0 aliphatic carbocycles. The van der Waals surface area contributed by atoms with E-state index < -0.39 is 0 Å². The molecule has 0 atom stereocenters. The van der Waals surface area contributed by atoms with Crippen LogP contribution in [-0.4, -0.2) is 16.5 Å². The second-order valence-corrected chi connectivity index (χ2v) is 5.02. The minimum absolute atomic E-state index is 0.00199. The first kappa shape index (κ1) is 10.4. The molecule has 2 rings (SSSR count). The highest BCUT2D eigenvalue weighted by Gasteiger charge is 2.10. The van der Waals surface area contributed by atoms with E-state index in [1.165, 1.54) is 18.0 Å². The number of carbonyl (C=O) groups excluding carboxylic acids is 1. The Hall–Kier alpha value is -1.07. The van der Waals surface area contributed by atoms with Gasteiger partial charge < -0.3 is 4.42 Å². The molecule has 0 aromatic carbocycles. The first-order valence-electron chi connectivity index (χ1n) is 4.37. The second-order valence-electron chi connectivity index (χ2n) is 2.94. The lowest BCUT2D eigenvalue weighted by Gasteiger charge is -1.94. The predicted molar refractivity (Wildman–Crippen MR) is 60.6 cm³/mol. The molecule has 0 spiro atoms. The molecule has 0 N–H and O–H groups in total. The zero-order chi connectivity index (χ0) is 10.7. The van der Waals surface area contributed by atoms with E-state index >= 15 is 0 Å². The minimum atomic E-state index is -0.00199. The zero-order valence-electron chi connectivity index (χ0n) is 8.10. The van der Waals surface area contributed by atoms with Crippen LogP contribution in [0.5, 0.6) is 0 Å². The Morgan fingerprint density at radius 2 is 2.53 bits per heavy atom. The molecule has 0 amide bonds. The summed E-state index contributed by atoms with van der Waals surface area (Å²) in [6.07, 6.45) is 1.51. The summed E-state index contributed by atoms with van der Waals surface area (Å²) in [4.78, 5) is 15.8. The fourth-order valence-corrected chi connectivity index (χ4v) is 2.75. The number of carbonyl (C=O) groups is 1. The number of rotatable bonds is 4. The first-order chi connectivity index (χ1) is 7.25. The summed E-state index contributed by atoms with van der Waals surface area (Å²) in [6.45, 7) is 1.94. The highest BCUT2D eigenvalue weighted by molar-refractivity contribution is 8.01. The largest absolute Gasteiger partial charge is 0.461 e. The summed E-state index contributed by atoms with van der Waals surface area (Å²) < 4.78 is 5.93. The van der Waals surface area contributed by atoms with Gasteiger partial charge in [0.2, 0.25) is 5.78 Å². The molecule has 0 aliphatic rings. The molecule has 0 fully saturated rings. The number of ketones is 1. The van der Waals surface area contributed by atoms with E-state index in [0.29, 0.717) is 11.5 Å². The number of Topliss-reactive ketones (excluding diaryl/α,β-unsaturated/α-hetero) is 1. The number of thioether (sulfide) groups is 1. The van der Waals surface area contributed by atoms with Gasteiger partial charge >= 0.3 is 0 Å². The van der Waals surface area contributed by atoms with Crippen molar-refractivity contribution in [2.75, 3.05) is 5.75 Å². The van der Waals surface area contributed by atoms with E-state index in [-0.39, 0.29) is 5.78 Å². The fourth-order valence-electron chi connectivity index (χ4n) is 1.03. The van der Waals surface area contributed by atoms with Crippen molar-refractivity contribution in [1.29, 1.82) is 0 Å². The molecule has 0 radical (unpaired) electrons. The van der Waals surface area contributed by atoms with E-state index in [1.54, 1.807) is 23.5 Å². The molecule has 2 aromatic rings. The number of furan rings is 1. The topological polar surface area (TPSA) is 43.1 Å². The summed E-state index contributed by atoms with van der Waals surface area (Å²) in [7, 11) is 0. The van der Waals surface area contributed by atoms with Crippen LogP contribution in [0.1, 0.15) is 16.2 Å². The van der Waals surface area contributed by atoms with Crippen molar-refractivity contribution in [3.05, 3.63) is 35.2 Å². The highest BCUT2D eigenvalue weighted by atomic mass is 32.2. The van der Waals surface area contributed by atoms with Gasteiger partial charge in [-0.15, -0.1) is 11.3 Å². The van der Waals surface area contributed by atoms with Gasteiger partial charge in [0.1, 0.15) is 0 Å². The van der Waals surface area contributed by atoms with Gasteiger partial charge in [-0.3, -0.25) is 4.79 Å². The van der Waals surface area contributed by atoms with Gasteiger partial charge in [-0.05, 0) is 19.1 Å². The lowest BCUT2D eigenvalue weighted by atomic mass is 10.3. The Labute approximate surface area is 95.5 Å². The van der Waals surface area contributed by atoms with Gasteiger partial charge in [-0.1, -0.05) is 11.8 Å². The van der Waals surface area contributed by atoms with Gasteiger partial charge in [0, 0.05) is 11.1 Å². The molecule has 2 heterocycles. The number of nitrogens with zero attached hydrogens (tertiary/aromatic N) is 1.